The molecule has 0 aliphatic carbocycles. The monoisotopic (exact) mass is 359 g/mol. The van der Waals surface area contributed by atoms with Gasteiger partial charge < -0.3 is 19.4 Å². The summed E-state index contributed by atoms with van der Waals surface area (Å²) in [6.45, 7) is 0. The van der Waals surface area contributed by atoms with E-state index in [-0.39, 0.29) is 0 Å². The minimum Gasteiger partial charge on any atom is -0.497 e. The zero-order valence-electron chi connectivity index (χ0n) is 15.6. The number of nitrogens with zero attached hydrogens (tertiary/aromatic N) is 2. The number of anilines is 2. The first-order valence-corrected chi connectivity index (χ1v) is 8.69. The van der Waals surface area contributed by atoms with E-state index in [1.165, 1.54) is 0 Å². The molecule has 0 radical (unpaired) electrons. The highest BCUT2D eigenvalue weighted by Crippen LogP contribution is 2.33. The van der Waals surface area contributed by atoms with Gasteiger partial charge in [0.2, 0.25) is 0 Å². The van der Waals surface area contributed by atoms with Crippen LogP contribution in [0.5, 0.6) is 11.5 Å². The molecule has 1 N–H and O–H groups in total. The van der Waals surface area contributed by atoms with E-state index in [0.29, 0.717) is 0 Å². The molecule has 0 aliphatic heterocycles. The van der Waals surface area contributed by atoms with Gasteiger partial charge in [0.15, 0.2) is 0 Å². The Morgan fingerprint density at radius 1 is 0.889 bits per heavy atom. The number of hydrogen-bond acceptors (Lipinski definition) is 4. The topological polar surface area (TPSA) is 48.3 Å². The molecule has 0 fully saturated rings. The van der Waals surface area contributed by atoms with Crippen LogP contribution < -0.4 is 14.8 Å². The summed E-state index contributed by atoms with van der Waals surface area (Å²) < 4.78 is 12.8. The SMILES string of the molecule is COc1ccc(Nc2nccc3c2cc(-c2cccc(OC)c2)n3C)cc1. The van der Waals surface area contributed by atoms with Crippen LogP contribution in [-0.2, 0) is 7.05 Å². The lowest BCUT2D eigenvalue weighted by Gasteiger charge is -2.08. The molecule has 0 unspecified atom stereocenters. The van der Waals surface area contributed by atoms with Crippen LogP contribution in [0.4, 0.5) is 11.5 Å². The molecular weight excluding hydrogens is 338 g/mol. The largest absolute Gasteiger partial charge is 0.497 e. The zero-order chi connectivity index (χ0) is 18.8. The normalized spacial score (nSPS) is 10.8. The van der Waals surface area contributed by atoms with Crippen LogP contribution in [0.3, 0.4) is 0 Å². The lowest BCUT2D eigenvalue weighted by atomic mass is 10.1. The van der Waals surface area contributed by atoms with Gasteiger partial charge in [-0.1, -0.05) is 12.1 Å². The quantitative estimate of drug-likeness (QED) is 0.545. The number of hydrogen-bond donors (Lipinski definition) is 1. The molecule has 0 bridgehead atoms. The van der Waals surface area contributed by atoms with Gasteiger partial charge in [-0.2, -0.15) is 0 Å². The average molecular weight is 359 g/mol. The second kappa shape index (κ2) is 7.03. The van der Waals surface area contributed by atoms with Crippen LogP contribution in [-0.4, -0.2) is 23.8 Å². The fraction of sp³-hybridized carbons (Fsp3) is 0.136. The minimum absolute atomic E-state index is 0.822. The summed E-state index contributed by atoms with van der Waals surface area (Å²) in [7, 11) is 5.41. The van der Waals surface area contributed by atoms with Gasteiger partial charge in [0.25, 0.3) is 0 Å². The molecule has 136 valence electrons. The van der Waals surface area contributed by atoms with Crippen molar-refractivity contribution >= 4 is 22.4 Å². The molecule has 4 aromatic rings. The molecule has 2 heterocycles. The molecule has 0 spiro atoms. The molecule has 0 amide bonds. The Bertz CT molecular complexity index is 1080. The highest BCUT2D eigenvalue weighted by atomic mass is 16.5. The fourth-order valence-corrected chi connectivity index (χ4v) is 3.23. The van der Waals surface area contributed by atoms with Crippen molar-refractivity contribution in [3.63, 3.8) is 0 Å². The number of nitrogens with one attached hydrogen (secondary N) is 1. The molecule has 2 aromatic carbocycles. The van der Waals surface area contributed by atoms with Crippen molar-refractivity contribution in [3.8, 4) is 22.8 Å². The number of benzene rings is 2. The third-order valence-corrected chi connectivity index (χ3v) is 4.69. The molecule has 5 heteroatoms. The van der Waals surface area contributed by atoms with Gasteiger partial charge in [-0.15, -0.1) is 0 Å². The minimum atomic E-state index is 0.822. The maximum Gasteiger partial charge on any atom is 0.139 e. The van der Waals surface area contributed by atoms with Crippen molar-refractivity contribution in [2.45, 2.75) is 0 Å². The molecular formula is C22H21N3O2. The Morgan fingerprint density at radius 2 is 1.67 bits per heavy atom. The number of aromatic nitrogens is 2. The van der Waals surface area contributed by atoms with Crippen LogP contribution >= 0.6 is 0 Å². The van der Waals surface area contributed by atoms with E-state index in [1.54, 1.807) is 14.2 Å². The molecule has 0 saturated carbocycles. The molecule has 0 aliphatic rings. The van der Waals surface area contributed by atoms with Crippen LogP contribution in [0.1, 0.15) is 0 Å². The summed E-state index contributed by atoms with van der Waals surface area (Å²) in [5.41, 5.74) is 4.28. The average Bonchev–Trinajstić information content (AvgIpc) is 3.06. The van der Waals surface area contributed by atoms with E-state index in [9.17, 15) is 0 Å². The maximum absolute atomic E-state index is 5.37. The fourth-order valence-electron chi connectivity index (χ4n) is 3.23. The first kappa shape index (κ1) is 17.0. The van der Waals surface area contributed by atoms with Crippen LogP contribution in [0.25, 0.3) is 22.2 Å². The summed E-state index contributed by atoms with van der Waals surface area (Å²) in [6, 6.07) is 20.1. The predicted molar refractivity (Wildman–Crippen MR) is 109 cm³/mol. The lowest BCUT2D eigenvalue weighted by molar-refractivity contribution is 0.415. The summed E-state index contributed by atoms with van der Waals surface area (Å²) >= 11 is 0. The summed E-state index contributed by atoms with van der Waals surface area (Å²) in [6.07, 6.45) is 1.82. The van der Waals surface area contributed by atoms with E-state index >= 15 is 0 Å². The van der Waals surface area contributed by atoms with Crippen molar-refractivity contribution in [2.75, 3.05) is 19.5 Å². The van der Waals surface area contributed by atoms with Gasteiger partial charge in [0, 0.05) is 35.6 Å². The van der Waals surface area contributed by atoms with Crippen LogP contribution in [0, 0.1) is 0 Å². The number of aryl methyl sites for hydroxylation is 1. The van der Waals surface area contributed by atoms with E-state index in [2.05, 4.69) is 34.0 Å². The number of ether oxygens (including phenoxy) is 2. The van der Waals surface area contributed by atoms with Gasteiger partial charge in [-0.3, -0.25) is 0 Å². The summed E-state index contributed by atoms with van der Waals surface area (Å²) in [4.78, 5) is 4.55. The molecule has 4 rings (SSSR count). The van der Waals surface area contributed by atoms with Gasteiger partial charge in [0.05, 0.1) is 19.7 Å². The molecule has 0 atom stereocenters. The molecule has 0 saturated heterocycles. The standard InChI is InChI=1S/C22H21N3O2/c1-25-20-11-12-23-22(24-16-7-9-17(26-2)10-8-16)19(20)14-21(25)15-5-4-6-18(13-15)27-3/h4-14H,1-3H3,(H,23,24). The van der Waals surface area contributed by atoms with Crippen molar-refractivity contribution in [1.29, 1.82) is 0 Å². The molecule has 2 aromatic heterocycles. The van der Waals surface area contributed by atoms with E-state index in [1.807, 2.05) is 54.7 Å². The number of methoxy groups -OCH3 is 2. The highest BCUT2D eigenvalue weighted by Gasteiger charge is 2.12. The van der Waals surface area contributed by atoms with Crippen molar-refractivity contribution in [3.05, 3.63) is 66.9 Å². The predicted octanol–water partition coefficient (Wildman–Crippen LogP) is 5.00. The van der Waals surface area contributed by atoms with Gasteiger partial charge in [-0.25, -0.2) is 4.98 Å². The van der Waals surface area contributed by atoms with Gasteiger partial charge in [0.1, 0.15) is 17.3 Å². The van der Waals surface area contributed by atoms with Gasteiger partial charge in [-0.05, 0) is 48.5 Å². The molecule has 27 heavy (non-hydrogen) atoms. The smallest absolute Gasteiger partial charge is 0.139 e. The Kier molecular flexibility index (Phi) is 4.42. The zero-order valence-corrected chi connectivity index (χ0v) is 15.6. The second-order valence-electron chi connectivity index (χ2n) is 6.27. The summed E-state index contributed by atoms with van der Waals surface area (Å²) in [5.74, 6) is 2.49. The molecule has 5 nitrogen and oxygen atoms in total. The summed E-state index contributed by atoms with van der Waals surface area (Å²) in [5, 5.41) is 4.47. The Labute approximate surface area is 158 Å². The first-order chi connectivity index (χ1) is 13.2. The van der Waals surface area contributed by atoms with E-state index < -0.39 is 0 Å². The number of pyridine rings is 1. The number of rotatable bonds is 5. The van der Waals surface area contributed by atoms with E-state index in [4.69, 9.17) is 9.47 Å². The second-order valence-corrected chi connectivity index (χ2v) is 6.27. The third-order valence-electron chi connectivity index (χ3n) is 4.69. The van der Waals surface area contributed by atoms with E-state index in [0.717, 1.165) is 45.2 Å². The third kappa shape index (κ3) is 3.19. The van der Waals surface area contributed by atoms with Crippen LogP contribution in [0.2, 0.25) is 0 Å². The van der Waals surface area contributed by atoms with Gasteiger partial charge >= 0.3 is 0 Å². The Morgan fingerprint density at radius 3 is 2.41 bits per heavy atom. The van der Waals surface area contributed by atoms with Crippen LogP contribution in [0.15, 0.2) is 66.9 Å². The Hall–Kier alpha value is -3.47. The lowest BCUT2D eigenvalue weighted by Crippen LogP contribution is -1.95. The maximum atomic E-state index is 5.37. The highest BCUT2D eigenvalue weighted by molar-refractivity contribution is 5.96. The first-order valence-electron chi connectivity index (χ1n) is 8.69. The Balaban J connectivity index is 1.76. The van der Waals surface area contributed by atoms with Crippen molar-refractivity contribution in [1.82, 2.24) is 9.55 Å². The van der Waals surface area contributed by atoms with Crippen molar-refractivity contribution in [2.24, 2.45) is 7.05 Å². The number of fused-ring (bicyclic) bond motifs is 1. The van der Waals surface area contributed by atoms with Crippen molar-refractivity contribution < 1.29 is 9.47 Å².